The molecule has 0 saturated heterocycles. The molecule has 0 aliphatic carbocycles. The van der Waals surface area contributed by atoms with E-state index in [1.807, 2.05) is 49.7 Å². The second kappa shape index (κ2) is 11.2. The number of hydrogen-bond acceptors (Lipinski definition) is 8. The molecule has 5 aromatic heterocycles. The third-order valence-corrected chi connectivity index (χ3v) is 6.83. The standard InChI is InChI=1S/C31H33N9O3/c1-18-26-28(39(8)37-18)27(34-17-33-26)22-14-23(10-9-21-11-12-40-20(3)32-16-24(40)13-21)35-25(15-22)36-29(41)19(2)38(7)30(42)43-31(4,5)6/h11-17,19H,1-8H3,(H,35,36,41). The zero-order valence-electron chi connectivity index (χ0n) is 25.4. The van der Waals surface area contributed by atoms with Crippen molar-refractivity contribution >= 4 is 34.4 Å². The molecule has 1 atom stereocenters. The van der Waals surface area contributed by atoms with Crippen LogP contribution in [0.4, 0.5) is 10.6 Å². The number of aryl methyl sites for hydroxylation is 3. The summed E-state index contributed by atoms with van der Waals surface area (Å²) in [5.41, 5.74) is 4.94. The van der Waals surface area contributed by atoms with E-state index in [0.29, 0.717) is 17.0 Å². The van der Waals surface area contributed by atoms with Gasteiger partial charge in [-0.25, -0.2) is 24.7 Å². The number of carbonyl (C=O) groups is 2. The number of rotatable bonds is 4. The Morgan fingerprint density at radius 1 is 1.09 bits per heavy atom. The van der Waals surface area contributed by atoms with E-state index in [2.05, 4.69) is 42.2 Å². The number of aromatic nitrogens is 7. The molecule has 220 valence electrons. The summed E-state index contributed by atoms with van der Waals surface area (Å²) in [7, 11) is 3.34. The lowest BCUT2D eigenvalue weighted by atomic mass is 10.1. The van der Waals surface area contributed by atoms with Crippen LogP contribution in [-0.4, -0.2) is 69.7 Å². The van der Waals surface area contributed by atoms with Crippen LogP contribution in [0, 0.1) is 25.7 Å². The number of imidazole rings is 1. The Hall–Kier alpha value is -5.31. The molecule has 1 N–H and O–H groups in total. The molecule has 12 nitrogen and oxygen atoms in total. The van der Waals surface area contributed by atoms with E-state index in [4.69, 9.17) is 4.74 Å². The molecule has 0 bridgehead atoms. The second-order valence-corrected chi connectivity index (χ2v) is 11.3. The number of carbonyl (C=O) groups excluding carboxylic acids is 2. The number of nitrogens with one attached hydrogen (secondary N) is 1. The molecule has 43 heavy (non-hydrogen) atoms. The van der Waals surface area contributed by atoms with Gasteiger partial charge in [0.2, 0.25) is 5.91 Å². The van der Waals surface area contributed by atoms with Crippen molar-refractivity contribution in [3.63, 3.8) is 0 Å². The number of amides is 2. The van der Waals surface area contributed by atoms with Gasteiger partial charge in [-0.2, -0.15) is 5.10 Å². The molecule has 5 heterocycles. The molecule has 0 aromatic carbocycles. The fourth-order valence-corrected chi connectivity index (χ4v) is 4.53. The second-order valence-electron chi connectivity index (χ2n) is 11.3. The van der Waals surface area contributed by atoms with Gasteiger partial charge in [-0.1, -0.05) is 5.92 Å². The monoisotopic (exact) mass is 579 g/mol. The average Bonchev–Trinajstić information content (AvgIpc) is 3.47. The van der Waals surface area contributed by atoms with Crippen LogP contribution < -0.4 is 5.32 Å². The Kier molecular flexibility index (Phi) is 7.58. The maximum Gasteiger partial charge on any atom is 0.410 e. The van der Waals surface area contributed by atoms with Gasteiger partial charge in [0.05, 0.1) is 23.1 Å². The molecule has 12 heteroatoms. The van der Waals surface area contributed by atoms with Gasteiger partial charge < -0.3 is 14.5 Å². The molecular formula is C31H33N9O3. The van der Waals surface area contributed by atoms with E-state index >= 15 is 0 Å². The van der Waals surface area contributed by atoms with Crippen LogP contribution in [0.3, 0.4) is 0 Å². The maximum absolute atomic E-state index is 13.3. The minimum Gasteiger partial charge on any atom is -0.444 e. The van der Waals surface area contributed by atoms with Gasteiger partial charge in [-0.15, -0.1) is 0 Å². The van der Waals surface area contributed by atoms with Crippen LogP contribution in [0.25, 0.3) is 27.8 Å². The number of nitrogens with zero attached hydrogens (tertiary/aromatic N) is 8. The summed E-state index contributed by atoms with van der Waals surface area (Å²) in [5.74, 6) is 6.99. The highest BCUT2D eigenvalue weighted by Gasteiger charge is 2.27. The molecule has 0 aliphatic rings. The molecule has 0 spiro atoms. The fourth-order valence-electron chi connectivity index (χ4n) is 4.53. The molecule has 0 saturated carbocycles. The van der Waals surface area contributed by atoms with Gasteiger partial charge in [0, 0.05) is 31.4 Å². The van der Waals surface area contributed by atoms with Crippen molar-refractivity contribution in [3.05, 3.63) is 65.8 Å². The predicted octanol–water partition coefficient (Wildman–Crippen LogP) is 4.28. The summed E-state index contributed by atoms with van der Waals surface area (Å²) < 4.78 is 9.12. The zero-order chi connectivity index (χ0) is 31.1. The molecule has 5 aromatic rings. The Balaban J connectivity index is 1.53. The van der Waals surface area contributed by atoms with E-state index in [-0.39, 0.29) is 5.82 Å². The molecular weight excluding hydrogens is 546 g/mol. The molecule has 0 fully saturated rings. The smallest absolute Gasteiger partial charge is 0.410 e. The highest BCUT2D eigenvalue weighted by atomic mass is 16.6. The normalized spacial score (nSPS) is 12.1. The van der Waals surface area contributed by atoms with Crippen LogP contribution in [0.5, 0.6) is 0 Å². The first kappa shape index (κ1) is 29.2. The first-order valence-corrected chi connectivity index (χ1v) is 13.7. The summed E-state index contributed by atoms with van der Waals surface area (Å²) in [5, 5.41) is 7.34. The van der Waals surface area contributed by atoms with Crippen molar-refractivity contribution in [2.24, 2.45) is 7.05 Å². The van der Waals surface area contributed by atoms with E-state index in [9.17, 15) is 9.59 Å². The molecule has 0 radical (unpaired) electrons. The summed E-state index contributed by atoms with van der Waals surface area (Å²) in [6.07, 6.45) is 4.58. The van der Waals surface area contributed by atoms with Crippen molar-refractivity contribution in [1.82, 2.24) is 39.0 Å². The first-order chi connectivity index (χ1) is 20.3. The third-order valence-electron chi connectivity index (χ3n) is 6.83. The summed E-state index contributed by atoms with van der Waals surface area (Å²) in [4.78, 5) is 45.0. The first-order valence-electron chi connectivity index (χ1n) is 13.7. The van der Waals surface area contributed by atoms with Gasteiger partial charge in [-0.3, -0.25) is 14.4 Å². The number of anilines is 1. The van der Waals surface area contributed by atoms with E-state index in [0.717, 1.165) is 33.6 Å². The van der Waals surface area contributed by atoms with Gasteiger partial charge in [-0.05, 0) is 71.7 Å². The molecule has 2 amide bonds. The van der Waals surface area contributed by atoms with Crippen molar-refractivity contribution in [2.75, 3.05) is 12.4 Å². The highest BCUT2D eigenvalue weighted by Crippen LogP contribution is 2.28. The maximum atomic E-state index is 13.3. The zero-order valence-corrected chi connectivity index (χ0v) is 25.4. The van der Waals surface area contributed by atoms with Gasteiger partial charge in [0.15, 0.2) is 0 Å². The van der Waals surface area contributed by atoms with Crippen LogP contribution in [0.15, 0.2) is 43.0 Å². The van der Waals surface area contributed by atoms with E-state index in [1.54, 1.807) is 44.6 Å². The molecule has 0 aliphatic heterocycles. The predicted molar refractivity (Wildman–Crippen MR) is 162 cm³/mol. The third kappa shape index (κ3) is 6.16. The van der Waals surface area contributed by atoms with Gasteiger partial charge >= 0.3 is 6.09 Å². The van der Waals surface area contributed by atoms with Gasteiger partial charge in [0.1, 0.15) is 46.3 Å². The van der Waals surface area contributed by atoms with Crippen LogP contribution >= 0.6 is 0 Å². The lowest BCUT2D eigenvalue weighted by Gasteiger charge is -2.28. The topological polar surface area (TPSA) is 132 Å². The minimum atomic E-state index is -0.842. The van der Waals surface area contributed by atoms with Crippen molar-refractivity contribution in [2.45, 2.75) is 53.2 Å². The van der Waals surface area contributed by atoms with E-state index in [1.165, 1.54) is 18.3 Å². The van der Waals surface area contributed by atoms with E-state index < -0.39 is 23.6 Å². The molecule has 1 unspecified atom stereocenters. The van der Waals surface area contributed by atoms with Crippen molar-refractivity contribution < 1.29 is 14.3 Å². The van der Waals surface area contributed by atoms with Crippen molar-refractivity contribution in [1.29, 1.82) is 0 Å². The minimum absolute atomic E-state index is 0.253. The summed E-state index contributed by atoms with van der Waals surface area (Å²) >= 11 is 0. The summed E-state index contributed by atoms with van der Waals surface area (Å²) in [6, 6.07) is 6.53. The Morgan fingerprint density at radius 2 is 1.86 bits per heavy atom. The average molecular weight is 580 g/mol. The number of ether oxygens (including phenoxy) is 1. The Morgan fingerprint density at radius 3 is 2.60 bits per heavy atom. The largest absolute Gasteiger partial charge is 0.444 e. The van der Waals surface area contributed by atoms with Crippen LogP contribution in [0.1, 0.15) is 50.5 Å². The SMILES string of the molecule is Cc1nn(C)c2c(-c3cc(C#Cc4ccn5c(C)ncc5c4)nc(NC(=O)C(C)N(C)C(=O)OC(C)(C)C)c3)ncnc12. The number of pyridine rings is 2. The van der Waals surface area contributed by atoms with Crippen LogP contribution in [0.2, 0.25) is 0 Å². The van der Waals surface area contributed by atoms with Crippen LogP contribution in [-0.2, 0) is 16.6 Å². The molecule has 5 rings (SSSR count). The highest BCUT2D eigenvalue weighted by molar-refractivity contribution is 5.97. The lowest BCUT2D eigenvalue weighted by molar-refractivity contribution is -0.120. The fraction of sp³-hybridized carbons (Fsp3) is 0.323. The summed E-state index contributed by atoms with van der Waals surface area (Å²) in [6.45, 7) is 10.7. The Labute approximate surface area is 249 Å². The quantitative estimate of drug-likeness (QED) is 0.312. The lowest BCUT2D eigenvalue weighted by Crippen LogP contribution is -2.45. The number of fused-ring (bicyclic) bond motifs is 2. The number of likely N-dealkylation sites (N-methyl/N-ethyl adjacent to an activating group) is 1. The number of hydrogen-bond donors (Lipinski definition) is 1. The van der Waals surface area contributed by atoms with Gasteiger partial charge in [0.25, 0.3) is 0 Å². The Bertz CT molecular complexity index is 1940. The van der Waals surface area contributed by atoms with Crippen molar-refractivity contribution in [3.8, 4) is 23.1 Å².